The second-order valence-corrected chi connectivity index (χ2v) is 3.61. The smallest absolute Gasteiger partial charge is 0.147 e. The fraction of sp³-hybridized carbons (Fsp3) is 0.111. The molecule has 0 N–H and O–H groups in total. The molecule has 14 heavy (non-hydrogen) atoms. The van der Waals surface area contributed by atoms with Crippen LogP contribution in [0.1, 0.15) is 5.56 Å². The summed E-state index contributed by atoms with van der Waals surface area (Å²) in [5.74, 6) is 0.633. The number of nitriles is 1. The summed E-state index contributed by atoms with van der Waals surface area (Å²) in [7, 11) is 1.57. The molecule has 0 spiro atoms. The number of methoxy groups -OCH3 is 1. The zero-order chi connectivity index (χ0) is 10.1. The Labute approximate surface area is 88.8 Å². The average molecular weight is 252 g/mol. The van der Waals surface area contributed by atoms with Crippen LogP contribution in [-0.2, 0) is 0 Å². The highest BCUT2D eigenvalue weighted by Gasteiger charge is 2.09. The summed E-state index contributed by atoms with van der Waals surface area (Å²) in [6.45, 7) is 0. The monoisotopic (exact) mass is 251 g/mol. The number of aromatic nitrogens is 2. The van der Waals surface area contributed by atoms with E-state index in [4.69, 9.17) is 10.00 Å². The predicted molar refractivity (Wildman–Crippen MR) is 54.2 cm³/mol. The molecule has 0 atom stereocenters. The van der Waals surface area contributed by atoms with Gasteiger partial charge in [0.05, 0.1) is 13.3 Å². The summed E-state index contributed by atoms with van der Waals surface area (Å²) in [5.41, 5.74) is 1.20. The van der Waals surface area contributed by atoms with Crippen LogP contribution in [0.15, 0.2) is 22.9 Å². The molecule has 70 valence electrons. The van der Waals surface area contributed by atoms with Gasteiger partial charge in [0.2, 0.25) is 0 Å². The zero-order valence-corrected chi connectivity index (χ0v) is 8.95. The van der Waals surface area contributed by atoms with Crippen molar-refractivity contribution >= 4 is 21.4 Å². The van der Waals surface area contributed by atoms with Crippen LogP contribution in [0.5, 0.6) is 5.75 Å². The molecule has 4 nitrogen and oxygen atoms in total. The molecule has 2 aromatic rings. The molecular weight excluding hydrogens is 246 g/mol. The van der Waals surface area contributed by atoms with E-state index in [-0.39, 0.29) is 0 Å². The minimum Gasteiger partial charge on any atom is -0.494 e. The first-order valence-electron chi connectivity index (χ1n) is 3.87. The van der Waals surface area contributed by atoms with Crippen molar-refractivity contribution in [2.75, 3.05) is 7.11 Å². The van der Waals surface area contributed by atoms with Gasteiger partial charge in [0.1, 0.15) is 22.9 Å². The Bertz CT molecular complexity index is 527. The van der Waals surface area contributed by atoms with Gasteiger partial charge in [-0.15, -0.1) is 0 Å². The number of hydrogen-bond acceptors (Lipinski definition) is 3. The van der Waals surface area contributed by atoms with Crippen molar-refractivity contribution in [3.63, 3.8) is 0 Å². The summed E-state index contributed by atoms with van der Waals surface area (Å²) in [6.07, 6.45) is 3.29. The van der Waals surface area contributed by atoms with Crippen LogP contribution < -0.4 is 4.74 Å². The van der Waals surface area contributed by atoms with E-state index in [0.29, 0.717) is 16.8 Å². The molecule has 0 aliphatic rings. The van der Waals surface area contributed by atoms with Gasteiger partial charge in [-0.2, -0.15) is 10.4 Å². The molecule has 2 aromatic heterocycles. The Morgan fingerprint density at radius 1 is 1.64 bits per heavy atom. The maximum atomic E-state index is 8.84. The van der Waals surface area contributed by atoms with Gasteiger partial charge in [0.25, 0.3) is 0 Å². The van der Waals surface area contributed by atoms with Crippen molar-refractivity contribution in [1.29, 1.82) is 5.26 Å². The predicted octanol–water partition coefficient (Wildman–Crippen LogP) is 1.98. The Morgan fingerprint density at radius 2 is 2.43 bits per heavy atom. The summed E-state index contributed by atoms with van der Waals surface area (Å²) in [6, 6.07) is 3.87. The Kier molecular flexibility index (Phi) is 2.14. The third-order valence-corrected chi connectivity index (χ3v) is 2.32. The maximum absolute atomic E-state index is 8.84. The lowest BCUT2D eigenvalue weighted by Crippen LogP contribution is -1.92. The highest BCUT2D eigenvalue weighted by Crippen LogP contribution is 2.26. The van der Waals surface area contributed by atoms with Gasteiger partial charge in [-0.1, -0.05) is 0 Å². The van der Waals surface area contributed by atoms with Crippen LogP contribution in [0.3, 0.4) is 0 Å². The summed E-state index contributed by atoms with van der Waals surface area (Å²) in [5, 5.41) is 12.9. The third-order valence-electron chi connectivity index (χ3n) is 1.88. The van der Waals surface area contributed by atoms with Crippen molar-refractivity contribution in [3.8, 4) is 11.8 Å². The van der Waals surface area contributed by atoms with E-state index >= 15 is 0 Å². The molecule has 0 fully saturated rings. The molecule has 0 bridgehead atoms. The molecule has 0 aliphatic carbocycles. The van der Waals surface area contributed by atoms with Crippen molar-refractivity contribution < 1.29 is 4.74 Å². The molecule has 0 unspecified atom stereocenters. The first-order chi connectivity index (χ1) is 6.76. The van der Waals surface area contributed by atoms with Crippen LogP contribution in [0.4, 0.5) is 0 Å². The number of ether oxygens (including phenoxy) is 1. The van der Waals surface area contributed by atoms with Crippen molar-refractivity contribution in [2.45, 2.75) is 0 Å². The Hall–Kier alpha value is -1.54. The Balaban J connectivity index is 2.87. The molecule has 2 rings (SSSR count). The van der Waals surface area contributed by atoms with Gasteiger partial charge in [-0.05, 0) is 22.0 Å². The topological polar surface area (TPSA) is 50.3 Å². The number of pyridine rings is 1. The summed E-state index contributed by atoms with van der Waals surface area (Å²) < 4.78 is 7.64. The zero-order valence-electron chi connectivity index (χ0n) is 7.36. The molecule has 0 saturated heterocycles. The van der Waals surface area contributed by atoms with E-state index in [0.717, 1.165) is 4.47 Å². The second-order valence-electron chi connectivity index (χ2n) is 2.69. The lowest BCUT2D eigenvalue weighted by atomic mass is 10.3. The third kappa shape index (κ3) is 1.24. The van der Waals surface area contributed by atoms with Gasteiger partial charge in [-0.3, -0.25) is 0 Å². The standard InChI is InChI=1S/C9H6BrN3O/c1-14-8-2-7(10)5-13-9(8)6(3-11)4-12-13/h2,4-5H,1H3. The van der Waals surface area contributed by atoms with Gasteiger partial charge in [-0.25, -0.2) is 4.52 Å². The fourth-order valence-electron chi connectivity index (χ4n) is 1.29. The van der Waals surface area contributed by atoms with E-state index in [2.05, 4.69) is 27.1 Å². The number of rotatable bonds is 1. The van der Waals surface area contributed by atoms with E-state index < -0.39 is 0 Å². The maximum Gasteiger partial charge on any atom is 0.147 e. The summed E-state index contributed by atoms with van der Waals surface area (Å²) in [4.78, 5) is 0. The number of hydrogen-bond donors (Lipinski definition) is 0. The van der Waals surface area contributed by atoms with E-state index in [1.807, 2.05) is 0 Å². The van der Waals surface area contributed by atoms with Crippen LogP contribution >= 0.6 is 15.9 Å². The highest BCUT2D eigenvalue weighted by atomic mass is 79.9. The molecule has 0 aromatic carbocycles. The number of halogens is 1. The van der Waals surface area contributed by atoms with Gasteiger partial charge in [0.15, 0.2) is 0 Å². The minimum absolute atomic E-state index is 0.509. The van der Waals surface area contributed by atoms with E-state index in [9.17, 15) is 0 Å². The first kappa shape index (κ1) is 9.03. The SMILES string of the molecule is COc1cc(Br)cn2ncc(C#N)c12. The van der Waals surface area contributed by atoms with Crippen molar-refractivity contribution in [2.24, 2.45) is 0 Å². The largest absolute Gasteiger partial charge is 0.494 e. The Morgan fingerprint density at radius 3 is 3.07 bits per heavy atom. The lowest BCUT2D eigenvalue weighted by Gasteiger charge is -2.03. The fourth-order valence-corrected chi connectivity index (χ4v) is 1.69. The minimum atomic E-state index is 0.509. The average Bonchev–Trinajstić information content (AvgIpc) is 2.59. The second kappa shape index (κ2) is 3.31. The van der Waals surface area contributed by atoms with Gasteiger partial charge >= 0.3 is 0 Å². The van der Waals surface area contributed by atoms with E-state index in [1.165, 1.54) is 6.20 Å². The number of fused-ring (bicyclic) bond motifs is 1. The van der Waals surface area contributed by atoms with E-state index in [1.54, 1.807) is 23.9 Å². The van der Waals surface area contributed by atoms with Crippen molar-refractivity contribution in [3.05, 3.63) is 28.5 Å². The molecule has 5 heteroatoms. The van der Waals surface area contributed by atoms with Gasteiger partial charge in [0, 0.05) is 10.7 Å². The quantitative estimate of drug-likeness (QED) is 0.779. The first-order valence-corrected chi connectivity index (χ1v) is 4.66. The van der Waals surface area contributed by atoms with Crippen LogP contribution in [0, 0.1) is 11.3 Å². The lowest BCUT2D eigenvalue weighted by molar-refractivity contribution is 0.417. The van der Waals surface area contributed by atoms with Crippen LogP contribution in [-0.4, -0.2) is 16.7 Å². The molecule has 2 heterocycles. The highest BCUT2D eigenvalue weighted by molar-refractivity contribution is 9.10. The van der Waals surface area contributed by atoms with Crippen molar-refractivity contribution in [1.82, 2.24) is 9.61 Å². The molecule has 0 amide bonds. The molecule has 0 radical (unpaired) electrons. The molecular formula is C9H6BrN3O. The number of nitrogens with zero attached hydrogens (tertiary/aromatic N) is 3. The van der Waals surface area contributed by atoms with Crippen LogP contribution in [0.25, 0.3) is 5.52 Å². The summed E-state index contributed by atoms with van der Waals surface area (Å²) >= 11 is 3.33. The van der Waals surface area contributed by atoms with Crippen LogP contribution in [0.2, 0.25) is 0 Å². The molecule has 0 aliphatic heterocycles. The normalized spacial score (nSPS) is 10.1. The van der Waals surface area contributed by atoms with Gasteiger partial charge < -0.3 is 4.74 Å². The molecule has 0 saturated carbocycles.